The molecule has 1 amide bonds. The summed E-state index contributed by atoms with van der Waals surface area (Å²) in [6, 6.07) is 5.28. The summed E-state index contributed by atoms with van der Waals surface area (Å²) in [5.41, 5.74) is 2.88. The number of ether oxygens (including phenoxy) is 1. The van der Waals surface area contributed by atoms with Gasteiger partial charge in [-0.1, -0.05) is 0 Å². The summed E-state index contributed by atoms with van der Waals surface area (Å²) in [6.45, 7) is 6.04. The van der Waals surface area contributed by atoms with E-state index in [9.17, 15) is 9.59 Å². The molecule has 3 aromatic rings. The zero-order valence-corrected chi connectivity index (χ0v) is 15.9. The van der Waals surface area contributed by atoms with Crippen molar-refractivity contribution in [1.29, 1.82) is 0 Å². The third-order valence-electron chi connectivity index (χ3n) is 4.25. The van der Waals surface area contributed by atoms with E-state index in [0.29, 0.717) is 23.7 Å². The number of carbonyl (C=O) groups is 2. The molecule has 3 heterocycles. The van der Waals surface area contributed by atoms with Crippen LogP contribution in [0.25, 0.3) is 0 Å². The second-order valence-corrected chi connectivity index (χ2v) is 6.23. The SMILES string of the molecule is COC(=O)c1nn(C)c(C)c1NC(=O)c1ccc(Cn2nc(C)cc2C)o1. The molecule has 0 aliphatic rings. The van der Waals surface area contributed by atoms with Crippen LogP contribution < -0.4 is 5.32 Å². The van der Waals surface area contributed by atoms with Crippen molar-refractivity contribution in [2.24, 2.45) is 7.05 Å². The van der Waals surface area contributed by atoms with Gasteiger partial charge in [0, 0.05) is 12.7 Å². The summed E-state index contributed by atoms with van der Waals surface area (Å²) in [5, 5.41) is 11.1. The van der Waals surface area contributed by atoms with E-state index in [1.807, 2.05) is 19.9 Å². The summed E-state index contributed by atoms with van der Waals surface area (Å²) >= 11 is 0. The predicted molar refractivity (Wildman–Crippen MR) is 96.7 cm³/mol. The number of hydrogen-bond donors (Lipinski definition) is 1. The summed E-state index contributed by atoms with van der Waals surface area (Å²) in [4.78, 5) is 24.4. The van der Waals surface area contributed by atoms with Crippen molar-refractivity contribution >= 4 is 17.6 Å². The molecule has 1 N–H and O–H groups in total. The summed E-state index contributed by atoms with van der Waals surface area (Å²) in [6.07, 6.45) is 0. The van der Waals surface area contributed by atoms with Crippen LogP contribution in [-0.2, 0) is 18.3 Å². The first-order valence-corrected chi connectivity index (χ1v) is 8.33. The minimum absolute atomic E-state index is 0.0419. The van der Waals surface area contributed by atoms with Gasteiger partial charge in [0.25, 0.3) is 5.91 Å². The van der Waals surface area contributed by atoms with Gasteiger partial charge in [-0.05, 0) is 39.0 Å². The van der Waals surface area contributed by atoms with Gasteiger partial charge in [0.1, 0.15) is 5.76 Å². The number of aryl methyl sites for hydroxylation is 3. The number of carbonyl (C=O) groups excluding carboxylic acids is 2. The highest BCUT2D eigenvalue weighted by atomic mass is 16.5. The number of rotatable bonds is 5. The van der Waals surface area contributed by atoms with Crippen LogP contribution in [0.15, 0.2) is 22.6 Å². The van der Waals surface area contributed by atoms with E-state index in [4.69, 9.17) is 9.15 Å². The maximum absolute atomic E-state index is 12.6. The Kier molecular flexibility index (Phi) is 4.85. The molecule has 0 aliphatic heterocycles. The quantitative estimate of drug-likeness (QED) is 0.690. The molecule has 0 unspecified atom stereocenters. The maximum Gasteiger partial charge on any atom is 0.360 e. The van der Waals surface area contributed by atoms with Gasteiger partial charge < -0.3 is 14.5 Å². The standard InChI is InChI=1S/C18H21N5O4/c1-10-8-11(2)23(20-10)9-13-6-7-14(27-13)17(24)19-15-12(3)22(4)21-16(15)18(25)26-5/h6-8H,9H2,1-5H3,(H,19,24). The third kappa shape index (κ3) is 3.62. The zero-order valence-electron chi connectivity index (χ0n) is 15.9. The summed E-state index contributed by atoms with van der Waals surface area (Å²) < 4.78 is 13.7. The Bertz CT molecular complexity index is 1010. The van der Waals surface area contributed by atoms with E-state index in [2.05, 4.69) is 15.5 Å². The molecule has 0 bridgehead atoms. The van der Waals surface area contributed by atoms with Gasteiger partial charge in [-0.25, -0.2) is 4.79 Å². The topological polar surface area (TPSA) is 104 Å². The summed E-state index contributed by atoms with van der Waals surface area (Å²) in [5.74, 6) is -0.373. The van der Waals surface area contributed by atoms with Gasteiger partial charge in [0.2, 0.25) is 0 Å². The first kappa shape index (κ1) is 18.4. The Morgan fingerprint density at radius 1 is 1.22 bits per heavy atom. The molecule has 0 saturated heterocycles. The molecule has 9 nitrogen and oxygen atoms in total. The number of anilines is 1. The number of aromatic nitrogens is 4. The van der Waals surface area contributed by atoms with Crippen LogP contribution in [0, 0.1) is 20.8 Å². The van der Waals surface area contributed by atoms with Gasteiger partial charge in [0.15, 0.2) is 11.5 Å². The number of nitrogens with one attached hydrogen (secondary N) is 1. The van der Waals surface area contributed by atoms with E-state index in [-0.39, 0.29) is 11.5 Å². The van der Waals surface area contributed by atoms with E-state index >= 15 is 0 Å². The van der Waals surface area contributed by atoms with Crippen molar-refractivity contribution < 1.29 is 18.7 Å². The normalized spacial score (nSPS) is 10.9. The first-order chi connectivity index (χ1) is 12.8. The molecule has 3 aromatic heterocycles. The largest absolute Gasteiger partial charge is 0.464 e. The molecule has 0 aromatic carbocycles. The Labute approximate surface area is 155 Å². The minimum Gasteiger partial charge on any atom is -0.464 e. The molecule has 9 heteroatoms. The Balaban J connectivity index is 1.79. The fourth-order valence-corrected chi connectivity index (χ4v) is 2.74. The van der Waals surface area contributed by atoms with Crippen molar-refractivity contribution in [2.75, 3.05) is 12.4 Å². The molecular weight excluding hydrogens is 350 g/mol. The van der Waals surface area contributed by atoms with Crippen molar-refractivity contribution in [3.05, 3.63) is 52.5 Å². The highest BCUT2D eigenvalue weighted by molar-refractivity contribution is 6.06. The number of methoxy groups -OCH3 is 1. The van der Waals surface area contributed by atoms with E-state index in [1.165, 1.54) is 11.8 Å². The van der Waals surface area contributed by atoms with Crippen LogP contribution in [0.5, 0.6) is 0 Å². The van der Waals surface area contributed by atoms with E-state index in [0.717, 1.165) is 11.4 Å². The van der Waals surface area contributed by atoms with Gasteiger partial charge in [-0.15, -0.1) is 0 Å². The van der Waals surface area contributed by atoms with Gasteiger partial charge >= 0.3 is 5.97 Å². The van der Waals surface area contributed by atoms with Crippen LogP contribution in [0.2, 0.25) is 0 Å². The van der Waals surface area contributed by atoms with Crippen LogP contribution in [0.1, 0.15) is 43.9 Å². The van der Waals surface area contributed by atoms with Crippen molar-refractivity contribution in [3.8, 4) is 0 Å². The number of furan rings is 1. The Morgan fingerprint density at radius 3 is 2.59 bits per heavy atom. The number of esters is 1. The second kappa shape index (κ2) is 7.10. The molecule has 0 atom stereocenters. The van der Waals surface area contributed by atoms with E-state index < -0.39 is 11.9 Å². The molecular formula is C18H21N5O4. The first-order valence-electron chi connectivity index (χ1n) is 8.33. The van der Waals surface area contributed by atoms with Crippen molar-refractivity contribution in [3.63, 3.8) is 0 Å². The molecule has 0 saturated carbocycles. The monoisotopic (exact) mass is 371 g/mol. The number of hydrogen-bond acceptors (Lipinski definition) is 6. The van der Waals surface area contributed by atoms with Crippen LogP contribution in [0.3, 0.4) is 0 Å². The average molecular weight is 371 g/mol. The smallest absolute Gasteiger partial charge is 0.360 e. The Hall–Kier alpha value is -3.36. The minimum atomic E-state index is -0.626. The molecule has 0 fully saturated rings. The van der Waals surface area contributed by atoms with Crippen LogP contribution in [0.4, 0.5) is 5.69 Å². The molecule has 0 spiro atoms. The van der Waals surface area contributed by atoms with Gasteiger partial charge in [-0.2, -0.15) is 10.2 Å². The lowest BCUT2D eigenvalue weighted by Gasteiger charge is -2.05. The second-order valence-electron chi connectivity index (χ2n) is 6.23. The fourth-order valence-electron chi connectivity index (χ4n) is 2.74. The van der Waals surface area contributed by atoms with Crippen molar-refractivity contribution in [2.45, 2.75) is 27.3 Å². The van der Waals surface area contributed by atoms with Crippen molar-refractivity contribution in [1.82, 2.24) is 19.6 Å². The zero-order chi connectivity index (χ0) is 19.7. The highest BCUT2D eigenvalue weighted by Crippen LogP contribution is 2.22. The summed E-state index contributed by atoms with van der Waals surface area (Å²) in [7, 11) is 2.94. The van der Waals surface area contributed by atoms with Crippen LogP contribution in [-0.4, -0.2) is 38.5 Å². The maximum atomic E-state index is 12.6. The lowest BCUT2D eigenvalue weighted by Crippen LogP contribution is -2.15. The van der Waals surface area contributed by atoms with Gasteiger partial charge in [0.05, 0.1) is 30.7 Å². The fraction of sp³-hybridized carbons (Fsp3) is 0.333. The molecule has 142 valence electrons. The molecule has 0 radical (unpaired) electrons. The van der Waals surface area contributed by atoms with E-state index in [1.54, 1.807) is 30.8 Å². The predicted octanol–water partition coefficient (Wildman–Crippen LogP) is 2.22. The number of amides is 1. The number of nitrogens with zero attached hydrogens (tertiary/aromatic N) is 4. The highest BCUT2D eigenvalue weighted by Gasteiger charge is 2.23. The molecule has 3 rings (SSSR count). The van der Waals surface area contributed by atoms with Crippen LogP contribution >= 0.6 is 0 Å². The molecule has 27 heavy (non-hydrogen) atoms. The third-order valence-corrected chi connectivity index (χ3v) is 4.25. The molecule has 0 aliphatic carbocycles. The Morgan fingerprint density at radius 2 is 1.96 bits per heavy atom. The lowest BCUT2D eigenvalue weighted by atomic mass is 10.3. The lowest BCUT2D eigenvalue weighted by molar-refractivity contribution is 0.0594. The average Bonchev–Trinajstić information content (AvgIpc) is 3.29. The van der Waals surface area contributed by atoms with Gasteiger partial charge in [-0.3, -0.25) is 14.2 Å².